The summed E-state index contributed by atoms with van der Waals surface area (Å²) in [6, 6.07) is 10.7. The molecule has 0 radical (unpaired) electrons. The van der Waals surface area contributed by atoms with Crippen LogP contribution in [0, 0.1) is 12.8 Å². The van der Waals surface area contributed by atoms with Gasteiger partial charge in [-0.25, -0.2) is 0 Å². The largest absolute Gasteiger partial charge is 0.356 e. The van der Waals surface area contributed by atoms with Crippen molar-refractivity contribution >= 4 is 11.8 Å². The molecule has 7 heteroatoms. The SMILES string of the molecule is Cc1cccc(=O)n1CCCNC(=O)C1CC(=O)N(Cc2ccccn2)C1. The van der Waals surface area contributed by atoms with Gasteiger partial charge in [0, 0.05) is 44.0 Å². The van der Waals surface area contributed by atoms with E-state index in [9.17, 15) is 14.4 Å². The lowest BCUT2D eigenvalue weighted by atomic mass is 10.1. The number of amides is 2. The van der Waals surface area contributed by atoms with Crippen molar-refractivity contribution in [3.8, 4) is 0 Å². The molecule has 1 atom stereocenters. The van der Waals surface area contributed by atoms with Crippen LogP contribution in [0.5, 0.6) is 0 Å². The molecular weight excluding hydrogens is 344 g/mol. The van der Waals surface area contributed by atoms with Gasteiger partial charge in [-0.3, -0.25) is 19.4 Å². The molecule has 2 amide bonds. The third-order valence-corrected chi connectivity index (χ3v) is 4.79. The first kappa shape index (κ1) is 18.8. The number of carbonyl (C=O) groups is 2. The number of nitrogens with one attached hydrogen (secondary N) is 1. The van der Waals surface area contributed by atoms with Gasteiger partial charge in [-0.05, 0) is 31.5 Å². The van der Waals surface area contributed by atoms with Crippen molar-refractivity contribution < 1.29 is 9.59 Å². The maximum absolute atomic E-state index is 12.4. The lowest BCUT2D eigenvalue weighted by molar-refractivity contribution is -0.129. The van der Waals surface area contributed by atoms with E-state index in [1.807, 2.05) is 31.2 Å². The first-order chi connectivity index (χ1) is 13.0. The Morgan fingerprint density at radius 2 is 2.07 bits per heavy atom. The van der Waals surface area contributed by atoms with Crippen LogP contribution < -0.4 is 10.9 Å². The summed E-state index contributed by atoms with van der Waals surface area (Å²) >= 11 is 0. The highest BCUT2D eigenvalue weighted by atomic mass is 16.2. The number of nitrogens with zero attached hydrogens (tertiary/aromatic N) is 3. The minimum absolute atomic E-state index is 0.0211. The van der Waals surface area contributed by atoms with Crippen LogP contribution in [-0.2, 0) is 22.7 Å². The molecule has 1 unspecified atom stereocenters. The highest BCUT2D eigenvalue weighted by molar-refractivity contribution is 5.89. The Hall–Kier alpha value is -2.96. The molecule has 1 fully saturated rings. The van der Waals surface area contributed by atoms with Crippen LogP contribution in [0.2, 0.25) is 0 Å². The molecule has 3 heterocycles. The molecule has 3 rings (SSSR count). The summed E-state index contributed by atoms with van der Waals surface area (Å²) in [5, 5.41) is 2.89. The second-order valence-electron chi connectivity index (χ2n) is 6.80. The van der Waals surface area contributed by atoms with E-state index in [1.54, 1.807) is 21.7 Å². The molecule has 0 spiro atoms. The maximum Gasteiger partial charge on any atom is 0.250 e. The summed E-state index contributed by atoms with van der Waals surface area (Å²) in [6.07, 6.45) is 2.59. The molecule has 0 aliphatic carbocycles. The summed E-state index contributed by atoms with van der Waals surface area (Å²) in [4.78, 5) is 42.3. The fraction of sp³-hybridized carbons (Fsp3) is 0.400. The van der Waals surface area contributed by atoms with Crippen LogP contribution in [0.3, 0.4) is 0 Å². The van der Waals surface area contributed by atoms with Gasteiger partial charge in [-0.2, -0.15) is 0 Å². The number of hydrogen-bond donors (Lipinski definition) is 1. The average molecular weight is 368 g/mol. The zero-order valence-electron chi connectivity index (χ0n) is 15.4. The molecule has 7 nitrogen and oxygen atoms in total. The van der Waals surface area contributed by atoms with Crippen LogP contribution >= 0.6 is 0 Å². The predicted molar refractivity (Wildman–Crippen MR) is 101 cm³/mol. The first-order valence-corrected chi connectivity index (χ1v) is 9.16. The van der Waals surface area contributed by atoms with Crippen molar-refractivity contribution in [3.05, 3.63) is 64.3 Å². The minimum atomic E-state index is -0.331. The van der Waals surface area contributed by atoms with Crippen molar-refractivity contribution in [2.75, 3.05) is 13.1 Å². The molecule has 1 saturated heterocycles. The number of carbonyl (C=O) groups excluding carboxylic acids is 2. The van der Waals surface area contributed by atoms with Gasteiger partial charge in [0.2, 0.25) is 11.8 Å². The van der Waals surface area contributed by atoms with E-state index < -0.39 is 0 Å². The lowest BCUT2D eigenvalue weighted by Gasteiger charge is -2.16. The summed E-state index contributed by atoms with van der Waals surface area (Å²) < 4.78 is 1.69. The van der Waals surface area contributed by atoms with Gasteiger partial charge in [0.25, 0.3) is 5.56 Å². The van der Waals surface area contributed by atoms with E-state index in [0.29, 0.717) is 32.6 Å². The number of hydrogen-bond acceptors (Lipinski definition) is 4. The first-order valence-electron chi connectivity index (χ1n) is 9.16. The van der Waals surface area contributed by atoms with Gasteiger partial charge < -0.3 is 14.8 Å². The fourth-order valence-electron chi connectivity index (χ4n) is 3.29. The molecule has 0 saturated carbocycles. The van der Waals surface area contributed by atoms with Crippen LogP contribution in [0.15, 0.2) is 47.4 Å². The highest BCUT2D eigenvalue weighted by Crippen LogP contribution is 2.19. The third-order valence-electron chi connectivity index (χ3n) is 4.79. The zero-order chi connectivity index (χ0) is 19.2. The van der Waals surface area contributed by atoms with Crippen LogP contribution in [0.25, 0.3) is 0 Å². The molecular formula is C20H24N4O3. The molecule has 2 aromatic heterocycles. The van der Waals surface area contributed by atoms with Crippen LogP contribution in [0.1, 0.15) is 24.2 Å². The van der Waals surface area contributed by atoms with E-state index in [1.165, 1.54) is 6.07 Å². The Kier molecular flexibility index (Phi) is 6.01. The Morgan fingerprint density at radius 1 is 1.22 bits per heavy atom. The van der Waals surface area contributed by atoms with E-state index in [0.717, 1.165) is 11.4 Å². The second-order valence-corrected chi connectivity index (χ2v) is 6.80. The number of likely N-dealkylation sites (tertiary alicyclic amines) is 1. The molecule has 27 heavy (non-hydrogen) atoms. The summed E-state index contributed by atoms with van der Waals surface area (Å²) in [6.45, 7) is 3.77. The van der Waals surface area contributed by atoms with Crippen molar-refractivity contribution in [2.24, 2.45) is 5.92 Å². The Balaban J connectivity index is 1.45. The Bertz CT molecular complexity index is 863. The number of rotatable bonds is 7. The molecule has 142 valence electrons. The van der Waals surface area contributed by atoms with Gasteiger partial charge in [-0.15, -0.1) is 0 Å². The van der Waals surface area contributed by atoms with Crippen LogP contribution in [-0.4, -0.2) is 39.4 Å². The van der Waals surface area contributed by atoms with Crippen molar-refractivity contribution in [2.45, 2.75) is 32.9 Å². The van der Waals surface area contributed by atoms with Crippen molar-refractivity contribution in [1.29, 1.82) is 0 Å². The van der Waals surface area contributed by atoms with E-state index in [2.05, 4.69) is 10.3 Å². The zero-order valence-corrected chi connectivity index (χ0v) is 15.4. The number of aryl methyl sites for hydroxylation is 1. The van der Waals surface area contributed by atoms with E-state index >= 15 is 0 Å². The summed E-state index contributed by atoms with van der Waals surface area (Å²) in [5.41, 5.74) is 1.68. The summed E-state index contributed by atoms with van der Waals surface area (Å²) in [7, 11) is 0. The summed E-state index contributed by atoms with van der Waals surface area (Å²) in [5.74, 6) is -0.460. The predicted octanol–water partition coefficient (Wildman–Crippen LogP) is 1.11. The fourth-order valence-corrected chi connectivity index (χ4v) is 3.29. The molecule has 1 aliphatic rings. The van der Waals surface area contributed by atoms with Gasteiger partial charge in [0.05, 0.1) is 18.2 Å². The lowest BCUT2D eigenvalue weighted by Crippen LogP contribution is -2.34. The van der Waals surface area contributed by atoms with Gasteiger partial charge >= 0.3 is 0 Å². The Labute approximate surface area is 158 Å². The van der Waals surface area contributed by atoms with E-state index in [4.69, 9.17) is 0 Å². The molecule has 1 aliphatic heterocycles. The van der Waals surface area contributed by atoms with Crippen molar-refractivity contribution in [3.63, 3.8) is 0 Å². The maximum atomic E-state index is 12.4. The average Bonchev–Trinajstić information content (AvgIpc) is 3.02. The smallest absolute Gasteiger partial charge is 0.250 e. The minimum Gasteiger partial charge on any atom is -0.356 e. The monoisotopic (exact) mass is 368 g/mol. The third kappa shape index (κ3) is 4.81. The molecule has 0 aromatic carbocycles. The van der Waals surface area contributed by atoms with Gasteiger partial charge in [0.1, 0.15) is 0 Å². The molecule has 2 aromatic rings. The standard InChI is InChI=1S/C20H24N4O3/c1-15-6-4-8-18(25)24(15)11-5-10-22-20(27)16-12-19(26)23(13-16)14-17-7-2-3-9-21-17/h2-4,6-9,16H,5,10-14H2,1H3,(H,22,27). The quantitative estimate of drug-likeness (QED) is 0.742. The number of aromatic nitrogens is 2. The second kappa shape index (κ2) is 8.62. The van der Waals surface area contributed by atoms with Crippen LogP contribution in [0.4, 0.5) is 0 Å². The normalized spacial score (nSPS) is 16.6. The highest BCUT2D eigenvalue weighted by Gasteiger charge is 2.34. The van der Waals surface area contributed by atoms with Crippen molar-refractivity contribution in [1.82, 2.24) is 19.8 Å². The topological polar surface area (TPSA) is 84.3 Å². The van der Waals surface area contributed by atoms with E-state index in [-0.39, 0.29) is 29.7 Å². The molecule has 0 bridgehead atoms. The van der Waals surface area contributed by atoms with Gasteiger partial charge in [0.15, 0.2) is 0 Å². The number of pyridine rings is 2. The molecule has 1 N–H and O–H groups in total. The van der Waals surface area contributed by atoms with Gasteiger partial charge in [-0.1, -0.05) is 12.1 Å². The Morgan fingerprint density at radius 3 is 2.81 bits per heavy atom.